The Morgan fingerprint density at radius 3 is 2.75 bits per heavy atom. The molecule has 2 heterocycles. The van der Waals surface area contributed by atoms with Gasteiger partial charge in [-0.1, -0.05) is 12.1 Å². The van der Waals surface area contributed by atoms with Gasteiger partial charge in [-0.3, -0.25) is 0 Å². The van der Waals surface area contributed by atoms with Crippen molar-refractivity contribution in [2.45, 2.75) is 32.0 Å². The summed E-state index contributed by atoms with van der Waals surface area (Å²) in [5.74, 6) is 1.60. The lowest BCUT2D eigenvalue weighted by atomic mass is 10.1. The quantitative estimate of drug-likeness (QED) is 0.832. The lowest BCUT2D eigenvalue weighted by Gasteiger charge is -2.29. The van der Waals surface area contributed by atoms with Gasteiger partial charge < -0.3 is 19.7 Å². The molecular formula is C19H26N2O2S. The number of hydrogen-bond acceptors (Lipinski definition) is 5. The number of likely N-dealkylation sites (tertiary alicyclic amines) is 1. The van der Waals surface area contributed by atoms with E-state index in [0.29, 0.717) is 12.6 Å². The van der Waals surface area contributed by atoms with Crippen molar-refractivity contribution >= 4 is 11.3 Å². The average Bonchev–Trinajstić information content (AvgIpc) is 3.13. The minimum absolute atomic E-state index is 0.585. The van der Waals surface area contributed by atoms with E-state index in [9.17, 15) is 0 Å². The van der Waals surface area contributed by atoms with E-state index in [0.717, 1.165) is 18.0 Å². The van der Waals surface area contributed by atoms with Crippen LogP contribution in [0.5, 0.6) is 11.5 Å². The fourth-order valence-electron chi connectivity index (χ4n) is 2.96. The minimum atomic E-state index is 0.585. The first-order valence-corrected chi connectivity index (χ1v) is 9.36. The van der Waals surface area contributed by atoms with Gasteiger partial charge in [0.25, 0.3) is 0 Å². The third-order valence-corrected chi connectivity index (χ3v) is 5.34. The van der Waals surface area contributed by atoms with E-state index >= 15 is 0 Å². The molecule has 2 aromatic rings. The van der Waals surface area contributed by atoms with Gasteiger partial charge in [0.1, 0.15) is 6.61 Å². The molecule has 1 aliphatic heterocycles. The fraction of sp³-hybridized carbons (Fsp3) is 0.474. The number of thiophene rings is 1. The van der Waals surface area contributed by atoms with Gasteiger partial charge in [-0.2, -0.15) is 0 Å². The molecule has 0 aliphatic carbocycles. The largest absolute Gasteiger partial charge is 0.493 e. The summed E-state index contributed by atoms with van der Waals surface area (Å²) in [6.45, 7) is 3.81. The van der Waals surface area contributed by atoms with E-state index < -0.39 is 0 Å². The molecule has 24 heavy (non-hydrogen) atoms. The molecule has 0 amide bonds. The second kappa shape index (κ2) is 8.51. The number of benzene rings is 1. The molecule has 1 aliphatic rings. The van der Waals surface area contributed by atoms with Crippen molar-refractivity contribution in [2.75, 3.05) is 27.2 Å². The first-order chi connectivity index (χ1) is 11.7. The van der Waals surface area contributed by atoms with Crippen molar-refractivity contribution in [3.63, 3.8) is 0 Å². The Kier molecular flexibility index (Phi) is 6.12. The first-order valence-electron chi connectivity index (χ1n) is 8.48. The lowest BCUT2D eigenvalue weighted by Crippen LogP contribution is -2.40. The highest BCUT2D eigenvalue weighted by Gasteiger charge is 2.16. The van der Waals surface area contributed by atoms with Crippen LogP contribution < -0.4 is 14.8 Å². The van der Waals surface area contributed by atoms with Gasteiger partial charge in [0.15, 0.2) is 11.5 Å². The standard InChI is InChI=1S/C19H26N2O2S/c1-21-9-7-16(8-10-21)20-13-15-5-6-18(19(12-15)22-2)23-14-17-4-3-11-24-17/h3-6,11-12,16,20H,7-10,13-14H2,1-2H3. The summed E-state index contributed by atoms with van der Waals surface area (Å²) in [7, 11) is 3.89. The lowest BCUT2D eigenvalue weighted by molar-refractivity contribution is 0.234. The Bertz CT molecular complexity index is 622. The summed E-state index contributed by atoms with van der Waals surface area (Å²) in [5, 5.41) is 5.73. The second-order valence-corrected chi connectivity index (χ2v) is 7.34. The third-order valence-electron chi connectivity index (χ3n) is 4.49. The second-order valence-electron chi connectivity index (χ2n) is 6.31. The van der Waals surface area contributed by atoms with Gasteiger partial charge >= 0.3 is 0 Å². The van der Waals surface area contributed by atoms with Gasteiger partial charge in [-0.05, 0) is 62.1 Å². The number of nitrogens with one attached hydrogen (secondary N) is 1. The molecule has 0 bridgehead atoms. The molecule has 1 aromatic heterocycles. The Balaban J connectivity index is 1.55. The van der Waals surface area contributed by atoms with E-state index in [-0.39, 0.29) is 0 Å². The van der Waals surface area contributed by atoms with E-state index in [2.05, 4.69) is 40.8 Å². The molecule has 0 unspecified atom stereocenters. The van der Waals surface area contributed by atoms with Crippen LogP contribution in [0, 0.1) is 0 Å². The number of piperidine rings is 1. The third kappa shape index (κ3) is 4.72. The van der Waals surface area contributed by atoms with Crippen LogP contribution in [0.2, 0.25) is 0 Å². The van der Waals surface area contributed by atoms with Crippen molar-refractivity contribution in [1.29, 1.82) is 0 Å². The van der Waals surface area contributed by atoms with E-state index in [4.69, 9.17) is 9.47 Å². The number of hydrogen-bond donors (Lipinski definition) is 1. The molecule has 1 N–H and O–H groups in total. The van der Waals surface area contributed by atoms with Crippen molar-refractivity contribution in [3.05, 3.63) is 46.2 Å². The summed E-state index contributed by atoms with van der Waals surface area (Å²) in [5.41, 5.74) is 1.23. The summed E-state index contributed by atoms with van der Waals surface area (Å²) in [6.07, 6.45) is 2.44. The maximum absolute atomic E-state index is 5.89. The Labute approximate surface area is 148 Å². The minimum Gasteiger partial charge on any atom is -0.493 e. The number of rotatable bonds is 7. The SMILES string of the molecule is COc1cc(CNC2CCN(C)CC2)ccc1OCc1cccs1. The van der Waals surface area contributed by atoms with Crippen LogP contribution in [0.15, 0.2) is 35.7 Å². The molecule has 0 radical (unpaired) electrons. The molecule has 4 nitrogen and oxygen atoms in total. The highest BCUT2D eigenvalue weighted by atomic mass is 32.1. The number of methoxy groups -OCH3 is 1. The van der Waals surface area contributed by atoms with Crippen molar-refractivity contribution in [2.24, 2.45) is 0 Å². The number of ether oxygens (including phenoxy) is 2. The molecule has 0 spiro atoms. The Morgan fingerprint density at radius 1 is 1.21 bits per heavy atom. The van der Waals surface area contributed by atoms with Crippen LogP contribution in [0.1, 0.15) is 23.3 Å². The molecule has 130 valence electrons. The van der Waals surface area contributed by atoms with E-state index in [1.807, 2.05) is 12.1 Å². The van der Waals surface area contributed by atoms with Crippen LogP contribution in [0.4, 0.5) is 0 Å². The summed E-state index contributed by atoms with van der Waals surface area (Å²) >= 11 is 1.70. The van der Waals surface area contributed by atoms with Gasteiger partial charge in [-0.15, -0.1) is 11.3 Å². The van der Waals surface area contributed by atoms with Crippen LogP contribution in [0.25, 0.3) is 0 Å². The summed E-state index contributed by atoms with van der Waals surface area (Å²) in [6, 6.07) is 10.9. The summed E-state index contributed by atoms with van der Waals surface area (Å²) < 4.78 is 11.4. The zero-order chi connectivity index (χ0) is 16.8. The van der Waals surface area contributed by atoms with Gasteiger partial charge in [0, 0.05) is 17.5 Å². The Hall–Kier alpha value is -1.56. The zero-order valence-electron chi connectivity index (χ0n) is 14.5. The maximum atomic E-state index is 5.89. The highest BCUT2D eigenvalue weighted by molar-refractivity contribution is 7.09. The van der Waals surface area contributed by atoms with Crippen molar-refractivity contribution < 1.29 is 9.47 Å². The van der Waals surface area contributed by atoms with Crippen LogP contribution in [-0.2, 0) is 13.2 Å². The monoisotopic (exact) mass is 346 g/mol. The molecule has 5 heteroatoms. The topological polar surface area (TPSA) is 33.7 Å². The average molecular weight is 346 g/mol. The molecular weight excluding hydrogens is 320 g/mol. The molecule has 0 saturated carbocycles. The van der Waals surface area contributed by atoms with E-state index in [1.165, 1.54) is 36.4 Å². The fourth-order valence-corrected chi connectivity index (χ4v) is 3.58. The van der Waals surface area contributed by atoms with Crippen LogP contribution in [0.3, 0.4) is 0 Å². The molecule has 1 fully saturated rings. The first kappa shape index (κ1) is 17.3. The normalized spacial score (nSPS) is 16.2. The summed E-state index contributed by atoms with van der Waals surface area (Å²) in [4.78, 5) is 3.60. The highest BCUT2D eigenvalue weighted by Crippen LogP contribution is 2.29. The van der Waals surface area contributed by atoms with Gasteiger partial charge in [-0.25, -0.2) is 0 Å². The predicted octanol–water partition coefficient (Wildman–Crippen LogP) is 3.52. The molecule has 1 aromatic carbocycles. The zero-order valence-corrected chi connectivity index (χ0v) is 15.3. The van der Waals surface area contributed by atoms with Gasteiger partial charge in [0.05, 0.1) is 7.11 Å². The number of nitrogens with zero attached hydrogens (tertiary/aromatic N) is 1. The van der Waals surface area contributed by atoms with Crippen LogP contribution >= 0.6 is 11.3 Å². The van der Waals surface area contributed by atoms with E-state index in [1.54, 1.807) is 18.4 Å². The maximum Gasteiger partial charge on any atom is 0.161 e. The molecule has 0 atom stereocenters. The smallest absolute Gasteiger partial charge is 0.161 e. The molecule has 1 saturated heterocycles. The van der Waals surface area contributed by atoms with Crippen molar-refractivity contribution in [1.82, 2.24) is 10.2 Å². The van der Waals surface area contributed by atoms with Crippen LogP contribution in [-0.4, -0.2) is 38.2 Å². The predicted molar refractivity (Wildman–Crippen MR) is 99.0 cm³/mol. The van der Waals surface area contributed by atoms with Crippen molar-refractivity contribution in [3.8, 4) is 11.5 Å². The molecule has 3 rings (SSSR count). The van der Waals surface area contributed by atoms with Gasteiger partial charge in [0.2, 0.25) is 0 Å². The Morgan fingerprint density at radius 2 is 2.04 bits per heavy atom.